The van der Waals surface area contributed by atoms with Crippen LogP contribution in [0.2, 0.25) is 0 Å². The van der Waals surface area contributed by atoms with Gasteiger partial charge in [0.05, 0.1) is 11.4 Å². The second kappa shape index (κ2) is 10.8. The Labute approximate surface area is 264 Å². The molecule has 8 rings (SSSR count). The molecule has 45 heavy (non-hydrogen) atoms. The molecule has 0 unspecified atom stereocenters. The maximum absolute atomic E-state index is 5.24. The number of hydrogen-bond donors (Lipinski definition) is 0. The van der Waals surface area contributed by atoms with Crippen molar-refractivity contribution in [2.45, 2.75) is 19.3 Å². The van der Waals surface area contributed by atoms with E-state index in [1.165, 1.54) is 22.3 Å². The number of nitrogens with zero attached hydrogens (tertiary/aromatic N) is 2. The molecule has 7 aromatic rings. The molecule has 1 aliphatic rings. The van der Waals surface area contributed by atoms with Gasteiger partial charge in [-0.3, -0.25) is 0 Å². The minimum atomic E-state index is -0.0516. The molecule has 0 spiro atoms. The van der Waals surface area contributed by atoms with E-state index in [0.717, 1.165) is 50.3 Å². The third-order valence-electron chi connectivity index (χ3n) is 9.13. The van der Waals surface area contributed by atoms with Gasteiger partial charge in [0, 0.05) is 27.7 Å². The van der Waals surface area contributed by atoms with Gasteiger partial charge in [0.1, 0.15) is 0 Å². The summed E-state index contributed by atoms with van der Waals surface area (Å²) in [5, 5.41) is 0. The first-order valence-corrected chi connectivity index (χ1v) is 15.5. The molecule has 1 aliphatic carbocycles. The van der Waals surface area contributed by atoms with Crippen molar-refractivity contribution >= 4 is 0 Å². The molecular formula is C43H32N2. The molecular weight excluding hydrogens is 544 g/mol. The van der Waals surface area contributed by atoms with Crippen molar-refractivity contribution in [3.63, 3.8) is 0 Å². The first-order valence-electron chi connectivity index (χ1n) is 15.5. The molecule has 0 amide bonds. The van der Waals surface area contributed by atoms with Crippen LogP contribution in [-0.2, 0) is 5.41 Å². The van der Waals surface area contributed by atoms with Gasteiger partial charge in [-0.2, -0.15) is 0 Å². The zero-order valence-corrected chi connectivity index (χ0v) is 25.4. The van der Waals surface area contributed by atoms with E-state index >= 15 is 0 Å². The lowest BCUT2D eigenvalue weighted by molar-refractivity contribution is 0.660. The van der Waals surface area contributed by atoms with Gasteiger partial charge in [0.25, 0.3) is 0 Å². The van der Waals surface area contributed by atoms with Gasteiger partial charge in [-0.05, 0) is 51.1 Å². The lowest BCUT2D eigenvalue weighted by Gasteiger charge is -2.22. The van der Waals surface area contributed by atoms with Gasteiger partial charge in [-0.25, -0.2) is 9.97 Å². The van der Waals surface area contributed by atoms with Gasteiger partial charge in [0.15, 0.2) is 5.82 Å². The second-order valence-electron chi connectivity index (χ2n) is 12.2. The predicted molar refractivity (Wildman–Crippen MR) is 187 cm³/mol. The Morgan fingerprint density at radius 3 is 1.53 bits per heavy atom. The molecule has 2 nitrogen and oxygen atoms in total. The molecule has 0 aliphatic heterocycles. The minimum absolute atomic E-state index is 0.0516. The van der Waals surface area contributed by atoms with Gasteiger partial charge in [0.2, 0.25) is 0 Å². The Balaban J connectivity index is 1.41. The SMILES string of the molecule is CC1(C)c2ccccc2-c2cc(-c3c(-c4ccccc4)cccc3-c3nc(-c4ccccc4)cc(-c4ccccc4)n3)ccc21. The molecule has 0 fully saturated rings. The zero-order valence-electron chi connectivity index (χ0n) is 25.4. The van der Waals surface area contributed by atoms with Crippen LogP contribution in [0, 0.1) is 0 Å². The summed E-state index contributed by atoms with van der Waals surface area (Å²) in [6.07, 6.45) is 0. The monoisotopic (exact) mass is 576 g/mol. The highest BCUT2D eigenvalue weighted by atomic mass is 14.9. The Morgan fingerprint density at radius 1 is 0.378 bits per heavy atom. The highest BCUT2D eigenvalue weighted by molar-refractivity contribution is 5.96. The summed E-state index contributed by atoms with van der Waals surface area (Å²) < 4.78 is 0. The Morgan fingerprint density at radius 2 is 0.889 bits per heavy atom. The van der Waals surface area contributed by atoms with E-state index in [1.807, 2.05) is 12.1 Å². The smallest absolute Gasteiger partial charge is 0.161 e. The van der Waals surface area contributed by atoms with E-state index in [0.29, 0.717) is 5.82 Å². The van der Waals surface area contributed by atoms with Crippen molar-refractivity contribution in [1.82, 2.24) is 9.97 Å². The van der Waals surface area contributed by atoms with Gasteiger partial charge < -0.3 is 0 Å². The molecule has 0 saturated heterocycles. The van der Waals surface area contributed by atoms with E-state index < -0.39 is 0 Å². The Bertz CT molecular complexity index is 2110. The van der Waals surface area contributed by atoms with Crippen molar-refractivity contribution in [3.8, 4) is 67.3 Å². The van der Waals surface area contributed by atoms with Crippen molar-refractivity contribution < 1.29 is 0 Å². The number of hydrogen-bond acceptors (Lipinski definition) is 2. The first kappa shape index (κ1) is 27.0. The quantitative estimate of drug-likeness (QED) is 0.204. The van der Waals surface area contributed by atoms with E-state index in [-0.39, 0.29) is 5.41 Å². The maximum atomic E-state index is 5.24. The van der Waals surface area contributed by atoms with Crippen LogP contribution >= 0.6 is 0 Å². The molecule has 2 heteroatoms. The molecule has 1 aromatic heterocycles. The summed E-state index contributed by atoms with van der Waals surface area (Å²) in [5.41, 5.74) is 14.9. The van der Waals surface area contributed by atoms with E-state index in [2.05, 4.69) is 159 Å². The highest BCUT2D eigenvalue weighted by Crippen LogP contribution is 2.50. The van der Waals surface area contributed by atoms with Crippen molar-refractivity contribution in [3.05, 3.63) is 169 Å². The summed E-state index contributed by atoms with van der Waals surface area (Å²) in [4.78, 5) is 10.5. The topological polar surface area (TPSA) is 25.8 Å². The van der Waals surface area contributed by atoms with Crippen LogP contribution in [0.3, 0.4) is 0 Å². The van der Waals surface area contributed by atoms with Crippen LogP contribution in [0.4, 0.5) is 0 Å². The average molecular weight is 577 g/mol. The molecule has 0 bridgehead atoms. The number of fused-ring (bicyclic) bond motifs is 3. The normalized spacial score (nSPS) is 12.8. The fraction of sp³-hybridized carbons (Fsp3) is 0.0698. The van der Waals surface area contributed by atoms with Crippen molar-refractivity contribution in [2.24, 2.45) is 0 Å². The average Bonchev–Trinajstić information content (AvgIpc) is 3.34. The van der Waals surface area contributed by atoms with E-state index in [1.54, 1.807) is 0 Å². The molecule has 0 saturated carbocycles. The molecule has 214 valence electrons. The lowest BCUT2D eigenvalue weighted by atomic mass is 9.81. The lowest BCUT2D eigenvalue weighted by Crippen LogP contribution is -2.14. The fourth-order valence-electron chi connectivity index (χ4n) is 6.86. The van der Waals surface area contributed by atoms with Crippen molar-refractivity contribution in [1.29, 1.82) is 0 Å². The zero-order chi connectivity index (χ0) is 30.4. The van der Waals surface area contributed by atoms with Crippen molar-refractivity contribution in [2.75, 3.05) is 0 Å². The van der Waals surface area contributed by atoms with E-state index in [4.69, 9.17) is 9.97 Å². The Hall–Kier alpha value is -5.60. The molecule has 0 radical (unpaired) electrons. The second-order valence-corrected chi connectivity index (χ2v) is 12.2. The predicted octanol–water partition coefficient (Wildman–Crippen LogP) is 11.1. The van der Waals surface area contributed by atoms with Crippen LogP contribution in [0.15, 0.2) is 158 Å². The van der Waals surface area contributed by atoms with Gasteiger partial charge in [-0.15, -0.1) is 0 Å². The maximum Gasteiger partial charge on any atom is 0.161 e. The minimum Gasteiger partial charge on any atom is -0.228 e. The molecule has 0 atom stereocenters. The number of aromatic nitrogens is 2. The summed E-state index contributed by atoms with van der Waals surface area (Å²) in [6, 6.07) is 55.9. The van der Waals surface area contributed by atoms with E-state index in [9.17, 15) is 0 Å². The highest BCUT2D eigenvalue weighted by Gasteiger charge is 2.35. The standard InChI is InChI=1S/C43H32N2/c1-43(2)37-24-13-12-21-34(37)36-27-32(25-26-38(36)43)41-33(29-15-6-3-7-16-29)22-14-23-35(41)42-44-39(30-17-8-4-9-18-30)28-40(45-42)31-19-10-5-11-20-31/h3-28H,1-2H3. The van der Waals surface area contributed by atoms with Crippen LogP contribution in [0.25, 0.3) is 67.3 Å². The molecule has 6 aromatic carbocycles. The van der Waals surface area contributed by atoms with Crippen LogP contribution < -0.4 is 0 Å². The molecule has 0 N–H and O–H groups in total. The molecule has 1 heterocycles. The summed E-state index contributed by atoms with van der Waals surface area (Å²) >= 11 is 0. The van der Waals surface area contributed by atoms with Gasteiger partial charge >= 0.3 is 0 Å². The van der Waals surface area contributed by atoms with Crippen LogP contribution in [-0.4, -0.2) is 9.97 Å². The van der Waals surface area contributed by atoms with Crippen LogP contribution in [0.5, 0.6) is 0 Å². The van der Waals surface area contributed by atoms with Gasteiger partial charge in [-0.1, -0.05) is 159 Å². The fourth-order valence-corrected chi connectivity index (χ4v) is 6.86. The third kappa shape index (κ3) is 4.67. The summed E-state index contributed by atoms with van der Waals surface area (Å²) in [7, 11) is 0. The van der Waals surface area contributed by atoms with Crippen LogP contribution in [0.1, 0.15) is 25.0 Å². The Kier molecular flexibility index (Phi) is 6.50. The largest absolute Gasteiger partial charge is 0.228 e. The first-order chi connectivity index (χ1) is 22.1. The summed E-state index contributed by atoms with van der Waals surface area (Å²) in [5.74, 6) is 0.712. The number of benzene rings is 6. The third-order valence-corrected chi connectivity index (χ3v) is 9.13. The number of rotatable bonds is 5. The summed E-state index contributed by atoms with van der Waals surface area (Å²) in [6.45, 7) is 4.66.